The van der Waals surface area contributed by atoms with E-state index in [9.17, 15) is 0 Å². The van der Waals surface area contributed by atoms with Crippen LogP contribution in [0.3, 0.4) is 0 Å². The van der Waals surface area contributed by atoms with E-state index in [0.717, 1.165) is 17.1 Å². The predicted octanol–water partition coefficient (Wildman–Crippen LogP) is 16.0. The lowest BCUT2D eigenvalue weighted by Crippen LogP contribution is -2.11. The number of hydrogen-bond donors (Lipinski definition) is 0. The second-order valence-corrected chi connectivity index (χ2v) is 16.2. The summed E-state index contributed by atoms with van der Waals surface area (Å²) in [6.07, 6.45) is 0. The third-order valence-corrected chi connectivity index (χ3v) is 13.2. The van der Waals surface area contributed by atoms with Crippen LogP contribution in [0.15, 0.2) is 200 Å². The van der Waals surface area contributed by atoms with Gasteiger partial charge in [-0.2, -0.15) is 0 Å². The normalized spacial score (nSPS) is 11.6. The Bertz CT molecular complexity index is 3230. The molecule has 258 valence electrons. The fraction of sp³-hybridized carbons (Fsp3) is 0. The minimum Gasteiger partial charge on any atom is -0.310 e. The van der Waals surface area contributed by atoms with Gasteiger partial charge >= 0.3 is 0 Å². The summed E-state index contributed by atoms with van der Waals surface area (Å²) < 4.78 is 5.28. The minimum absolute atomic E-state index is 1.11. The van der Waals surface area contributed by atoms with Crippen molar-refractivity contribution in [1.82, 2.24) is 0 Å². The average molecular weight is 736 g/mol. The van der Waals surface area contributed by atoms with Crippen molar-refractivity contribution in [1.29, 1.82) is 0 Å². The van der Waals surface area contributed by atoms with Crippen molar-refractivity contribution in [3.05, 3.63) is 200 Å². The van der Waals surface area contributed by atoms with Crippen molar-refractivity contribution >= 4 is 90.9 Å². The third-order valence-electron chi connectivity index (χ3n) is 10.9. The molecule has 0 bridgehead atoms. The summed E-state index contributed by atoms with van der Waals surface area (Å²) in [4.78, 5) is 2.45. The number of anilines is 3. The largest absolute Gasteiger partial charge is 0.310 e. The Morgan fingerprint density at radius 1 is 0.309 bits per heavy atom. The van der Waals surface area contributed by atoms with Crippen molar-refractivity contribution < 1.29 is 0 Å². The first-order valence-electron chi connectivity index (χ1n) is 18.7. The number of thiophene rings is 2. The standard InChI is InChI=1S/C52H33NS2/c1-2-19-40-34(13-1)14-11-24-42(40)43-20-3-6-26-48(43)53(38-17-9-15-35(31-38)36-29-30-51-47(33-36)45-22-5-7-27-49(45)54-51)39-18-10-16-37(32-39)41-23-12-25-46-44-21-4-8-28-50(44)55-52(41)46/h1-33H. The van der Waals surface area contributed by atoms with E-state index in [-0.39, 0.29) is 0 Å². The molecular formula is C52H33NS2. The van der Waals surface area contributed by atoms with Gasteiger partial charge in [0.15, 0.2) is 0 Å². The van der Waals surface area contributed by atoms with Gasteiger partial charge in [-0.3, -0.25) is 0 Å². The van der Waals surface area contributed by atoms with E-state index < -0.39 is 0 Å². The quantitative estimate of drug-likeness (QED) is 0.164. The Labute approximate surface area is 327 Å². The van der Waals surface area contributed by atoms with Gasteiger partial charge in [0.05, 0.1) is 5.69 Å². The van der Waals surface area contributed by atoms with Crippen LogP contribution in [0.2, 0.25) is 0 Å². The molecule has 11 rings (SSSR count). The van der Waals surface area contributed by atoms with E-state index in [1.165, 1.54) is 84.5 Å². The first-order chi connectivity index (χ1) is 27.3. The Hall–Kier alpha value is -6.52. The van der Waals surface area contributed by atoms with Gasteiger partial charge in [0.1, 0.15) is 0 Å². The van der Waals surface area contributed by atoms with Gasteiger partial charge in [-0.15, -0.1) is 22.7 Å². The molecule has 0 aliphatic carbocycles. The zero-order valence-corrected chi connectivity index (χ0v) is 31.4. The van der Waals surface area contributed by atoms with Gasteiger partial charge in [0.25, 0.3) is 0 Å². The third kappa shape index (κ3) is 5.43. The van der Waals surface area contributed by atoms with Crippen LogP contribution in [0, 0.1) is 0 Å². The number of nitrogens with zero attached hydrogens (tertiary/aromatic N) is 1. The summed E-state index contributed by atoms with van der Waals surface area (Å²) in [7, 11) is 0. The molecule has 55 heavy (non-hydrogen) atoms. The number of rotatable bonds is 6. The molecule has 0 saturated heterocycles. The van der Waals surface area contributed by atoms with Gasteiger partial charge in [0, 0.05) is 57.3 Å². The zero-order valence-electron chi connectivity index (χ0n) is 29.8. The van der Waals surface area contributed by atoms with E-state index in [2.05, 4.69) is 205 Å². The lowest BCUT2D eigenvalue weighted by atomic mass is 9.95. The predicted molar refractivity (Wildman–Crippen MR) is 241 cm³/mol. The van der Waals surface area contributed by atoms with Gasteiger partial charge in [0.2, 0.25) is 0 Å². The van der Waals surface area contributed by atoms with Crippen molar-refractivity contribution in [3.8, 4) is 33.4 Å². The highest BCUT2D eigenvalue weighted by molar-refractivity contribution is 7.26. The smallest absolute Gasteiger partial charge is 0.0540 e. The molecular weight excluding hydrogens is 703 g/mol. The molecule has 2 aromatic heterocycles. The molecule has 2 heterocycles. The molecule has 0 saturated carbocycles. The van der Waals surface area contributed by atoms with Crippen molar-refractivity contribution in [2.45, 2.75) is 0 Å². The Kier molecular flexibility index (Phi) is 7.61. The summed E-state index contributed by atoms with van der Waals surface area (Å²) in [5, 5.41) is 7.73. The lowest BCUT2D eigenvalue weighted by Gasteiger charge is -2.29. The van der Waals surface area contributed by atoms with Crippen LogP contribution in [0.25, 0.3) is 84.5 Å². The molecule has 0 atom stereocenters. The highest BCUT2D eigenvalue weighted by Gasteiger charge is 2.20. The molecule has 0 N–H and O–H groups in total. The van der Waals surface area contributed by atoms with E-state index in [1.807, 2.05) is 22.7 Å². The van der Waals surface area contributed by atoms with Crippen LogP contribution in [-0.4, -0.2) is 0 Å². The van der Waals surface area contributed by atoms with Crippen LogP contribution in [0.5, 0.6) is 0 Å². The average Bonchev–Trinajstić information content (AvgIpc) is 3.82. The second kappa shape index (κ2) is 13.1. The number of hydrogen-bond acceptors (Lipinski definition) is 3. The van der Waals surface area contributed by atoms with Crippen LogP contribution in [-0.2, 0) is 0 Å². The highest BCUT2D eigenvalue weighted by Crippen LogP contribution is 2.46. The molecule has 0 amide bonds. The van der Waals surface area contributed by atoms with Crippen molar-refractivity contribution in [3.63, 3.8) is 0 Å². The fourth-order valence-corrected chi connectivity index (χ4v) is 10.6. The van der Waals surface area contributed by atoms with Crippen LogP contribution < -0.4 is 4.90 Å². The first kappa shape index (κ1) is 32.0. The molecule has 1 nitrogen and oxygen atoms in total. The monoisotopic (exact) mass is 735 g/mol. The van der Waals surface area contributed by atoms with Gasteiger partial charge in [-0.25, -0.2) is 0 Å². The Balaban J connectivity index is 1.12. The molecule has 0 aliphatic rings. The van der Waals surface area contributed by atoms with Crippen LogP contribution >= 0.6 is 22.7 Å². The van der Waals surface area contributed by atoms with Crippen LogP contribution in [0.1, 0.15) is 0 Å². The second-order valence-electron chi connectivity index (χ2n) is 14.1. The van der Waals surface area contributed by atoms with E-state index in [4.69, 9.17) is 0 Å². The van der Waals surface area contributed by atoms with Gasteiger partial charge in [-0.1, -0.05) is 146 Å². The van der Waals surface area contributed by atoms with Crippen LogP contribution in [0.4, 0.5) is 17.1 Å². The Morgan fingerprint density at radius 2 is 0.855 bits per heavy atom. The summed E-state index contributed by atoms with van der Waals surface area (Å²) in [5.74, 6) is 0. The summed E-state index contributed by atoms with van der Waals surface area (Å²) in [6.45, 7) is 0. The number of fused-ring (bicyclic) bond motifs is 7. The Morgan fingerprint density at radius 3 is 1.71 bits per heavy atom. The molecule has 9 aromatic carbocycles. The lowest BCUT2D eigenvalue weighted by molar-refractivity contribution is 1.28. The van der Waals surface area contributed by atoms with E-state index >= 15 is 0 Å². The highest BCUT2D eigenvalue weighted by atomic mass is 32.1. The summed E-state index contributed by atoms with van der Waals surface area (Å²) in [5.41, 5.74) is 10.6. The SMILES string of the molecule is c1cc(-c2ccc3sc4ccccc4c3c2)cc(N(c2cccc(-c3cccc4c3sc3ccccc34)c2)c2ccccc2-c2cccc3ccccc23)c1. The summed E-state index contributed by atoms with van der Waals surface area (Å²) in [6, 6.07) is 73.5. The van der Waals surface area contributed by atoms with E-state index in [1.54, 1.807) is 0 Å². The minimum atomic E-state index is 1.11. The maximum atomic E-state index is 2.45. The molecule has 0 fully saturated rings. The molecule has 3 heteroatoms. The molecule has 0 unspecified atom stereocenters. The van der Waals surface area contributed by atoms with Gasteiger partial charge < -0.3 is 4.90 Å². The van der Waals surface area contributed by atoms with E-state index in [0.29, 0.717) is 0 Å². The number of para-hydroxylation sites is 1. The molecule has 0 radical (unpaired) electrons. The number of benzene rings is 9. The van der Waals surface area contributed by atoms with Gasteiger partial charge in [-0.05, 0) is 93.2 Å². The first-order valence-corrected chi connectivity index (χ1v) is 20.3. The molecule has 0 spiro atoms. The van der Waals surface area contributed by atoms with Crippen molar-refractivity contribution in [2.75, 3.05) is 4.90 Å². The molecule has 0 aliphatic heterocycles. The maximum absolute atomic E-state index is 2.45. The zero-order chi connectivity index (χ0) is 36.3. The maximum Gasteiger partial charge on any atom is 0.0540 e. The topological polar surface area (TPSA) is 3.24 Å². The fourth-order valence-electron chi connectivity index (χ4n) is 8.30. The van der Waals surface area contributed by atoms with Crippen molar-refractivity contribution in [2.24, 2.45) is 0 Å². The summed E-state index contributed by atoms with van der Waals surface area (Å²) >= 11 is 3.74. The molecule has 11 aromatic rings.